The van der Waals surface area contributed by atoms with Crippen molar-refractivity contribution in [3.8, 4) is 0 Å². The van der Waals surface area contributed by atoms with Gasteiger partial charge in [0.15, 0.2) is 0 Å². The number of rotatable bonds is 8. The van der Waals surface area contributed by atoms with Crippen LogP contribution in [0.5, 0.6) is 0 Å². The van der Waals surface area contributed by atoms with Crippen LogP contribution in [0.1, 0.15) is 74.6 Å². The molecule has 3 heterocycles. The van der Waals surface area contributed by atoms with E-state index in [9.17, 15) is 31.5 Å². The molecule has 45 heavy (non-hydrogen) atoms. The van der Waals surface area contributed by atoms with E-state index in [1.54, 1.807) is 24.3 Å². The number of carbonyl (C=O) groups is 2. The fourth-order valence-corrected chi connectivity index (χ4v) is 5.92. The van der Waals surface area contributed by atoms with Gasteiger partial charge in [0.2, 0.25) is 11.8 Å². The maximum Gasteiger partial charge on any atom is 0.408 e. The van der Waals surface area contributed by atoms with E-state index in [0.29, 0.717) is 0 Å². The first-order chi connectivity index (χ1) is 21.1. The summed E-state index contributed by atoms with van der Waals surface area (Å²) in [4.78, 5) is 34.2. The molecule has 0 unspecified atom stereocenters. The lowest BCUT2D eigenvalue weighted by Gasteiger charge is -2.33. The van der Waals surface area contributed by atoms with E-state index in [1.165, 1.54) is 24.6 Å². The third-order valence-corrected chi connectivity index (χ3v) is 8.37. The van der Waals surface area contributed by atoms with E-state index in [-0.39, 0.29) is 61.6 Å². The van der Waals surface area contributed by atoms with Crippen molar-refractivity contribution in [1.82, 2.24) is 30.2 Å². The van der Waals surface area contributed by atoms with Gasteiger partial charge in [0.05, 0.1) is 29.5 Å². The average molecular weight is 641 g/mol. The summed E-state index contributed by atoms with van der Waals surface area (Å²) in [5.74, 6) is -6.82. The number of ether oxygens (including phenoxy) is 1. The van der Waals surface area contributed by atoms with Gasteiger partial charge in [0.25, 0.3) is 5.78 Å². The maximum atomic E-state index is 15.4. The Labute approximate surface area is 255 Å². The molecule has 0 radical (unpaired) electrons. The first-order valence-corrected chi connectivity index (χ1v) is 14.7. The topological polar surface area (TPSA) is 111 Å². The number of halogens is 6. The summed E-state index contributed by atoms with van der Waals surface area (Å²) in [7, 11) is 0. The molecule has 5 rings (SSSR count). The molecule has 2 amide bonds. The van der Waals surface area contributed by atoms with Gasteiger partial charge in [-0.2, -0.15) is 18.3 Å². The number of carbonyl (C=O) groups excluding carboxylic acids is 2. The molecule has 2 aromatic heterocycles. The molecule has 3 aromatic rings. The van der Waals surface area contributed by atoms with Gasteiger partial charge in [0.1, 0.15) is 18.0 Å². The highest BCUT2D eigenvalue weighted by Crippen LogP contribution is 2.41. The van der Waals surface area contributed by atoms with E-state index >= 15 is 4.39 Å². The number of imidazole rings is 1. The molecule has 2 N–H and O–H groups in total. The second-order valence-corrected chi connectivity index (χ2v) is 12.3. The summed E-state index contributed by atoms with van der Waals surface area (Å²) >= 11 is 0. The van der Waals surface area contributed by atoms with Gasteiger partial charge in [-0.3, -0.25) is 4.79 Å². The number of benzene rings is 1. The SMILES string of the molecule is CC(C)(F)c1nc2nc([C@@H](NC(=O)OCc3ccccc3)C3CCC(F)(F)CC3)cn2nc1C[C@H]1C[C@@H](C(F)(F)F)CNC1=O. The molecule has 9 nitrogen and oxygen atoms in total. The van der Waals surface area contributed by atoms with Gasteiger partial charge in [-0.05, 0) is 44.6 Å². The molecule has 1 aromatic carbocycles. The third kappa shape index (κ3) is 7.85. The Kier molecular flexibility index (Phi) is 9.00. The van der Waals surface area contributed by atoms with Crippen LogP contribution in [0.4, 0.5) is 31.1 Å². The molecule has 2 fully saturated rings. The summed E-state index contributed by atoms with van der Waals surface area (Å²) in [5, 5.41) is 9.43. The molecule has 1 aliphatic carbocycles. The molecule has 2 aliphatic rings. The first kappa shape index (κ1) is 32.5. The number of fused-ring (bicyclic) bond motifs is 1. The molecule has 0 spiro atoms. The second-order valence-electron chi connectivity index (χ2n) is 12.3. The second kappa shape index (κ2) is 12.5. The summed E-state index contributed by atoms with van der Waals surface area (Å²) < 4.78 is 90.3. The zero-order chi connectivity index (χ0) is 32.6. The Balaban J connectivity index is 1.44. The van der Waals surface area contributed by atoms with Crippen molar-refractivity contribution >= 4 is 17.8 Å². The smallest absolute Gasteiger partial charge is 0.408 e. The van der Waals surface area contributed by atoms with Crippen molar-refractivity contribution in [2.45, 2.75) is 82.8 Å². The van der Waals surface area contributed by atoms with Gasteiger partial charge >= 0.3 is 12.3 Å². The highest BCUT2D eigenvalue weighted by Gasteiger charge is 2.45. The maximum absolute atomic E-state index is 15.4. The number of alkyl carbamates (subject to hydrolysis) is 1. The van der Waals surface area contributed by atoms with Crippen LogP contribution >= 0.6 is 0 Å². The van der Waals surface area contributed by atoms with Crippen LogP contribution in [-0.4, -0.2) is 50.2 Å². The Morgan fingerprint density at radius 2 is 1.82 bits per heavy atom. The zero-order valence-corrected chi connectivity index (χ0v) is 24.7. The van der Waals surface area contributed by atoms with Gasteiger partial charge < -0.3 is 15.4 Å². The van der Waals surface area contributed by atoms with Crippen LogP contribution in [0.25, 0.3) is 5.78 Å². The molecule has 1 saturated heterocycles. The number of hydrogen-bond acceptors (Lipinski definition) is 6. The minimum absolute atomic E-state index is 0.0222. The fourth-order valence-electron chi connectivity index (χ4n) is 5.92. The number of hydrogen-bond donors (Lipinski definition) is 2. The highest BCUT2D eigenvalue weighted by atomic mass is 19.4. The Morgan fingerprint density at radius 1 is 1.13 bits per heavy atom. The summed E-state index contributed by atoms with van der Waals surface area (Å²) in [6.45, 7) is 1.84. The predicted molar refractivity (Wildman–Crippen MR) is 149 cm³/mol. The lowest BCUT2D eigenvalue weighted by Crippen LogP contribution is -2.47. The van der Waals surface area contributed by atoms with Crippen molar-refractivity contribution < 1.29 is 40.7 Å². The van der Waals surface area contributed by atoms with E-state index in [2.05, 4.69) is 25.7 Å². The molecule has 1 saturated carbocycles. The summed E-state index contributed by atoms with van der Waals surface area (Å²) in [5.41, 5.74) is -1.36. The minimum atomic E-state index is -4.52. The molecule has 1 aliphatic heterocycles. The minimum Gasteiger partial charge on any atom is -0.445 e. The van der Waals surface area contributed by atoms with E-state index in [0.717, 1.165) is 5.56 Å². The van der Waals surface area contributed by atoms with Crippen molar-refractivity contribution in [2.24, 2.45) is 17.8 Å². The number of piperidine rings is 1. The quantitative estimate of drug-likeness (QED) is 0.293. The van der Waals surface area contributed by atoms with Crippen molar-refractivity contribution in [2.75, 3.05) is 6.54 Å². The van der Waals surface area contributed by atoms with Crippen molar-refractivity contribution in [1.29, 1.82) is 0 Å². The van der Waals surface area contributed by atoms with Crippen LogP contribution in [0.15, 0.2) is 36.5 Å². The number of nitrogens with one attached hydrogen (secondary N) is 2. The first-order valence-electron chi connectivity index (χ1n) is 14.7. The zero-order valence-electron chi connectivity index (χ0n) is 24.7. The molecular weight excluding hydrogens is 606 g/mol. The van der Waals surface area contributed by atoms with Gasteiger partial charge in [0, 0.05) is 31.7 Å². The van der Waals surface area contributed by atoms with Crippen LogP contribution in [0.3, 0.4) is 0 Å². The summed E-state index contributed by atoms with van der Waals surface area (Å²) in [6.07, 6.45) is -5.30. The number of amides is 2. The lowest BCUT2D eigenvalue weighted by atomic mass is 9.81. The monoisotopic (exact) mass is 640 g/mol. The molecule has 0 bridgehead atoms. The lowest BCUT2D eigenvalue weighted by molar-refractivity contribution is -0.183. The number of alkyl halides is 6. The molecule has 3 atom stereocenters. The van der Waals surface area contributed by atoms with Gasteiger partial charge in [-0.15, -0.1) is 0 Å². The van der Waals surface area contributed by atoms with Crippen LogP contribution in [0, 0.1) is 17.8 Å². The molecule has 15 heteroatoms. The predicted octanol–water partition coefficient (Wildman–Crippen LogP) is 5.98. The van der Waals surface area contributed by atoms with Crippen LogP contribution in [0.2, 0.25) is 0 Å². The summed E-state index contributed by atoms with van der Waals surface area (Å²) in [6, 6.07) is 8.05. The van der Waals surface area contributed by atoms with Crippen molar-refractivity contribution in [3.05, 3.63) is 59.2 Å². The molecule has 244 valence electrons. The van der Waals surface area contributed by atoms with Crippen molar-refractivity contribution in [3.63, 3.8) is 0 Å². The highest BCUT2D eigenvalue weighted by molar-refractivity contribution is 5.79. The number of nitrogens with zero attached hydrogens (tertiary/aromatic N) is 4. The van der Waals surface area contributed by atoms with E-state index < -0.39 is 66.5 Å². The Morgan fingerprint density at radius 3 is 2.47 bits per heavy atom. The van der Waals surface area contributed by atoms with Gasteiger partial charge in [-0.1, -0.05) is 30.3 Å². The van der Waals surface area contributed by atoms with Crippen LogP contribution < -0.4 is 10.6 Å². The van der Waals surface area contributed by atoms with E-state index in [1.807, 2.05) is 6.07 Å². The van der Waals surface area contributed by atoms with Gasteiger partial charge in [-0.25, -0.2) is 32.4 Å². The standard InChI is InChI=1S/C30H34F6N6O3/c1-28(2,31)24-21(13-19-12-20(30(34,35)36)14-37-25(19)43)41-42-15-22(38-26(42)40-24)23(18-8-10-29(32,33)11-9-18)39-27(44)45-16-17-6-4-3-5-7-17/h3-7,15,18-20,23H,8-14,16H2,1-2H3,(H,37,43)(H,39,44)/t19-,20-,23+/m1/s1. The Hall–Kier alpha value is -3.91. The van der Waals surface area contributed by atoms with Crippen LogP contribution in [-0.2, 0) is 28.2 Å². The third-order valence-electron chi connectivity index (χ3n) is 8.37. The number of aromatic nitrogens is 4. The normalized spacial score (nSPS) is 21.7. The Bertz CT molecular complexity index is 1510. The average Bonchev–Trinajstić information content (AvgIpc) is 3.38. The van der Waals surface area contributed by atoms with E-state index in [4.69, 9.17) is 4.74 Å². The molecular formula is C30H34F6N6O3. The fraction of sp³-hybridized carbons (Fsp3) is 0.567. The largest absolute Gasteiger partial charge is 0.445 e.